The molecule has 0 bridgehead atoms. The van der Waals surface area contributed by atoms with E-state index in [2.05, 4.69) is 10.5 Å². The average molecular weight is 298 g/mol. The van der Waals surface area contributed by atoms with Crippen molar-refractivity contribution in [2.24, 2.45) is 5.10 Å². The number of hydrogen-bond donors (Lipinski definition) is 1. The van der Waals surface area contributed by atoms with Crippen LogP contribution in [0.4, 0.5) is 4.79 Å². The highest BCUT2D eigenvalue weighted by atomic mass is 16.5. The quantitative estimate of drug-likeness (QED) is 0.657. The fraction of sp³-hybridized carbons (Fsp3) is 0.176. The first kappa shape index (κ1) is 15.6. The van der Waals surface area contributed by atoms with Gasteiger partial charge in [0.15, 0.2) is 0 Å². The monoisotopic (exact) mass is 298 g/mol. The van der Waals surface area contributed by atoms with Crippen LogP contribution in [0.3, 0.4) is 0 Å². The van der Waals surface area contributed by atoms with Gasteiger partial charge in [-0.15, -0.1) is 0 Å². The molecule has 1 amide bonds. The number of hydrazone groups is 1. The number of rotatable bonds is 6. The summed E-state index contributed by atoms with van der Waals surface area (Å²) in [6.07, 6.45) is 0.943. The normalized spacial score (nSPS) is 10.4. The predicted molar refractivity (Wildman–Crippen MR) is 85.0 cm³/mol. The Morgan fingerprint density at radius 3 is 2.64 bits per heavy atom. The van der Waals surface area contributed by atoms with E-state index in [4.69, 9.17) is 9.47 Å². The van der Waals surface area contributed by atoms with Crippen molar-refractivity contribution in [3.05, 3.63) is 65.7 Å². The van der Waals surface area contributed by atoms with E-state index >= 15 is 0 Å². The van der Waals surface area contributed by atoms with Crippen molar-refractivity contribution in [3.63, 3.8) is 0 Å². The van der Waals surface area contributed by atoms with Crippen molar-refractivity contribution in [3.8, 4) is 5.75 Å². The highest BCUT2D eigenvalue weighted by Crippen LogP contribution is 2.17. The van der Waals surface area contributed by atoms with Crippen molar-refractivity contribution in [2.75, 3.05) is 6.61 Å². The van der Waals surface area contributed by atoms with Crippen LogP contribution < -0.4 is 10.2 Å². The molecule has 0 heterocycles. The van der Waals surface area contributed by atoms with Gasteiger partial charge in [0, 0.05) is 5.56 Å². The summed E-state index contributed by atoms with van der Waals surface area (Å²) in [4.78, 5) is 11.2. The third kappa shape index (κ3) is 4.94. The predicted octanol–water partition coefficient (Wildman–Crippen LogP) is 3.35. The Kier molecular flexibility index (Phi) is 5.99. The van der Waals surface area contributed by atoms with Gasteiger partial charge in [0.2, 0.25) is 0 Å². The molecule has 22 heavy (non-hydrogen) atoms. The smallest absolute Gasteiger partial charge is 0.427 e. The van der Waals surface area contributed by atoms with Gasteiger partial charge in [-0.2, -0.15) is 5.10 Å². The van der Waals surface area contributed by atoms with E-state index in [1.54, 1.807) is 6.92 Å². The largest absolute Gasteiger partial charge is 0.488 e. The van der Waals surface area contributed by atoms with E-state index in [0.29, 0.717) is 19.0 Å². The summed E-state index contributed by atoms with van der Waals surface area (Å²) < 4.78 is 10.5. The minimum atomic E-state index is -0.582. The van der Waals surface area contributed by atoms with Gasteiger partial charge in [-0.3, -0.25) is 0 Å². The molecule has 114 valence electrons. The van der Waals surface area contributed by atoms with Crippen LogP contribution in [0.5, 0.6) is 5.75 Å². The first-order chi connectivity index (χ1) is 10.8. The van der Waals surface area contributed by atoms with E-state index in [-0.39, 0.29) is 0 Å². The summed E-state index contributed by atoms with van der Waals surface area (Å²) in [5, 5.41) is 3.85. The summed E-state index contributed by atoms with van der Waals surface area (Å²) in [5.41, 5.74) is 4.14. The van der Waals surface area contributed by atoms with Crippen molar-refractivity contribution in [1.82, 2.24) is 5.43 Å². The summed E-state index contributed by atoms with van der Waals surface area (Å²) in [6, 6.07) is 17.4. The maximum atomic E-state index is 11.2. The first-order valence-corrected chi connectivity index (χ1v) is 7.01. The topological polar surface area (TPSA) is 59.9 Å². The summed E-state index contributed by atoms with van der Waals surface area (Å²) in [7, 11) is 0. The molecular formula is C17H18N2O3. The fourth-order valence-electron chi connectivity index (χ4n) is 1.77. The molecule has 2 aromatic carbocycles. The van der Waals surface area contributed by atoms with E-state index in [1.807, 2.05) is 54.6 Å². The molecule has 0 aromatic heterocycles. The average Bonchev–Trinajstić information content (AvgIpc) is 2.55. The zero-order valence-corrected chi connectivity index (χ0v) is 12.4. The molecule has 5 nitrogen and oxygen atoms in total. The summed E-state index contributed by atoms with van der Waals surface area (Å²) >= 11 is 0. The van der Waals surface area contributed by atoms with Crippen LogP contribution in [0, 0.1) is 0 Å². The number of benzene rings is 2. The fourth-order valence-corrected chi connectivity index (χ4v) is 1.77. The van der Waals surface area contributed by atoms with Gasteiger partial charge in [0.1, 0.15) is 12.4 Å². The van der Waals surface area contributed by atoms with Gasteiger partial charge in [-0.1, -0.05) is 42.5 Å². The number of carbonyl (C=O) groups is 1. The molecule has 2 aromatic rings. The van der Waals surface area contributed by atoms with E-state index in [0.717, 1.165) is 11.1 Å². The standard InChI is InChI=1S/C17H18N2O3/c1-2-21-17(20)19-18-12-15-10-6-7-11-16(15)22-13-14-8-4-3-5-9-14/h3-12H,2,13H2,1H3,(H,19,20)/b18-12-. The van der Waals surface area contributed by atoms with Gasteiger partial charge in [0.25, 0.3) is 0 Å². The lowest BCUT2D eigenvalue weighted by atomic mass is 10.2. The highest BCUT2D eigenvalue weighted by molar-refractivity contribution is 5.84. The molecule has 0 saturated heterocycles. The molecule has 1 N–H and O–H groups in total. The minimum Gasteiger partial charge on any atom is -0.488 e. The van der Waals surface area contributed by atoms with Gasteiger partial charge in [0.05, 0.1) is 12.8 Å². The second-order valence-electron chi connectivity index (χ2n) is 4.40. The van der Waals surface area contributed by atoms with Crippen molar-refractivity contribution >= 4 is 12.3 Å². The van der Waals surface area contributed by atoms with Crippen molar-refractivity contribution in [1.29, 1.82) is 0 Å². The van der Waals surface area contributed by atoms with Crippen LogP contribution in [0.25, 0.3) is 0 Å². The Labute approximate surface area is 129 Å². The second kappa shape index (κ2) is 8.46. The van der Waals surface area contributed by atoms with Gasteiger partial charge in [-0.05, 0) is 24.6 Å². The van der Waals surface area contributed by atoms with Crippen LogP contribution >= 0.6 is 0 Å². The zero-order valence-electron chi connectivity index (χ0n) is 12.4. The number of hydrogen-bond acceptors (Lipinski definition) is 4. The minimum absolute atomic E-state index is 0.304. The highest BCUT2D eigenvalue weighted by Gasteiger charge is 2.02. The molecular weight excluding hydrogens is 280 g/mol. The van der Waals surface area contributed by atoms with Crippen molar-refractivity contribution in [2.45, 2.75) is 13.5 Å². The lowest BCUT2D eigenvalue weighted by molar-refractivity contribution is 0.152. The number of carbonyl (C=O) groups excluding carboxylic acids is 1. The molecule has 5 heteroatoms. The number of para-hydroxylation sites is 1. The Balaban J connectivity index is 1.97. The Morgan fingerprint density at radius 2 is 1.86 bits per heavy atom. The van der Waals surface area contributed by atoms with Crippen molar-refractivity contribution < 1.29 is 14.3 Å². The number of amides is 1. The second-order valence-corrected chi connectivity index (χ2v) is 4.40. The Morgan fingerprint density at radius 1 is 1.14 bits per heavy atom. The summed E-state index contributed by atoms with van der Waals surface area (Å²) in [6.45, 7) is 2.51. The molecule has 0 unspecified atom stereocenters. The van der Waals surface area contributed by atoms with Gasteiger partial charge >= 0.3 is 6.09 Å². The number of nitrogens with one attached hydrogen (secondary N) is 1. The lowest BCUT2D eigenvalue weighted by Crippen LogP contribution is -2.18. The first-order valence-electron chi connectivity index (χ1n) is 7.01. The van der Waals surface area contributed by atoms with E-state index in [9.17, 15) is 4.79 Å². The Hall–Kier alpha value is -2.82. The van der Waals surface area contributed by atoms with Crippen LogP contribution in [0.1, 0.15) is 18.1 Å². The number of ether oxygens (including phenoxy) is 2. The summed E-state index contributed by atoms with van der Waals surface area (Å²) in [5.74, 6) is 0.695. The maximum Gasteiger partial charge on any atom is 0.427 e. The SMILES string of the molecule is CCOC(=O)N/N=C\c1ccccc1OCc1ccccc1. The molecule has 0 radical (unpaired) electrons. The molecule has 2 rings (SSSR count). The third-order valence-electron chi connectivity index (χ3n) is 2.79. The maximum absolute atomic E-state index is 11.2. The van der Waals surface area contributed by atoms with Crippen LogP contribution in [0.15, 0.2) is 59.7 Å². The third-order valence-corrected chi connectivity index (χ3v) is 2.79. The van der Waals surface area contributed by atoms with Crippen LogP contribution in [0.2, 0.25) is 0 Å². The van der Waals surface area contributed by atoms with Gasteiger partial charge in [-0.25, -0.2) is 10.2 Å². The molecule has 0 spiro atoms. The molecule has 0 fully saturated rings. The molecule has 0 aliphatic carbocycles. The van der Waals surface area contributed by atoms with Crippen LogP contribution in [-0.4, -0.2) is 18.9 Å². The van der Waals surface area contributed by atoms with Gasteiger partial charge < -0.3 is 9.47 Å². The lowest BCUT2D eigenvalue weighted by Gasteiger charge is -2.08. The molecule has 0 aliphatic heterocycles. The van der Waals surface area contributed by atoms with E-state index in [1.165, 1.54) is 6.21 Å². The zero-order chi connectivity index (χ0) is 15.6. The van der Waals surface area contributed by atoms with Crippen LogP contribution in [-0.2, 0) is 11.3 Å². The number of nitrogens with zero attached hydrogens (tertiary/aromatic N) is 1. The molecule has 0 atom stereocenters. The molecule has 0 saturated carbocycles. The van der Waals surface area contributed by atoms with E-state index < -0.39 is 6.09 Å². The Bertz CT molecular complexity index is 627. The molecule has 0 aliphatic rings.